The van der Waals surface area contributed by atoms with Crippen LogP contribution in [-0.4, -0.2) is 219 Å². The fourth-order valence-electron chi connectivity index (χ4n) is 5.26. The average Bonchev–Trinajstić information content (AvgIpc) is 4.11. The third-order valence-corrected chi connectivity index (χ3v) is 9.39. The fourth-order valence-corrected chi connectivity index (χ4v) is 5.26. The first-order chi connectivity index (χ1) is 30.4. The van der Waals surface area contributed by atoms with Crippen LogP contribution in [0.1, 0.15) is 100 Å². The highest BCUT2D eigenvalue weighted by atomic mass is 16.5. The normalized spacial score (nSPS) is 16.2. The summed E-state index contributed by atoms with van der Waals surface area (Å²) in [6, 6.07) is 0. The van der Waals surface area contributed by atoms with Gasteiger partial charge in [-0.15, -0.1) is 0 Å². The van der Waals surface area contributed by atoms with Gasteiger partial charge in [-0.25, -0.2) is 0 Å². The number of hydrogen-bond acceptors (Lipinski definition) is 13. The second kappa shape index (κ2) is 48.5. The van der Waals surface area contributed by atoms with Crippen molar-refractivity contribution in [3.8, 4) is 0 Å². The summed E-state index contributed by atoms with van der Waals surface area (Å²) in [5.41, 5.74) is 16.6. The minimum Gasteiger partial charge on any atom is -0.383 e. The van der Waals surface area contributed by atoms with E-state index in [-0.39, 0.29) is 23.7 Å². The molecule has 5 heterocycles. The summed E-state index contributed by atoms with van der Waals surface area (Å²) in [6.07, 6.45) is 8.61. The molecule has 0 atom stereocenters. The van der Waals surface area contributed by atoms with Crippen molar-refractivity contribution in [1.82, 2.24) is 35.1 Å². The van der Waals surface area contributed by atoms with Gasteiger partial charge < -0.3 is 56.9 Å². The van der Waals surface area contributed by atoms with Gasteiger partial charge in [0.15, 0.2) is 5.96 Å². The molecule has 0 saturated carbocycles. The molecule has 5 aliphatic rings. The number of amidine groups is 2. The zero-order chi connectivity index (χ0) is 49.6. The lowest BCUT2D eigenvalue weighted by Gasteiger charge is -2.25. The van der Waals surface area contributed by atoms with E-state index in [0.717, 1.165) is 104 Å². The highest BCUT2D eigenvalue weighted by Crippen LogP contribution is 2.07. The Bertz CT molecular complexity index is 1200. The van der Waals surface area contributed by atoms with Crippen LogP contribution in [0.4, 0.5) is 0 Å². The predicted octanol–water partition coefficient (Wildman–Crippen LogP) is 2.39. The van der Waals surface area contributed by atoms with E-state index in [0.29, 0.717) is 19.7 Å². The zero-order valence-electron chi connectivity index (χ0n) is 43.3. The third kappa shape index (κ3) is 49.1. The van der Waals surface area contributed by atoms with Gasteiger partial charge in [0.25, 0.3) is 0 Å². The van der Waals surface area contributed by atoms with Gasteiger partial charge in [0, 0.05) is 146 Å². The number of aliphatic imine (C=N–C) groups is 4. The van der Waals surface area contributed by atoms with E-state index < -0.39 is 0 Å². The molecule has 5 aliphatic heterocycles. The van der Waals surface area contributed by atoms with E-state index in [1.165, 1.54) is 57.0 Å². The number of carbonyl (C=O) groups is 3. The van der Waals surface area contributed by atoms with Gasteiger partial charge in [0.2, 0.25) is 17.7 Å². The van der Waals surface area contributed by atoms with Crippen molar-refractivity contribution in [1.29, 1.82) is 0 Å². The SMILES string of the molecule is CC.CC(=O)N(C)CCN(C)C.CC(=O)N1CCCCC1.CC1=NCCC1.CC1=NCCN1.CCN=C(N)N.CN=C1CCCN1.COCCN(C)C(C)=O.NCCN1CCOCC1. The number of ether oxygens (including phenoxy) is 2. The van der Waals surface area contributed by atoms with Crippen LogP contribution < -0.4 is 27.8 Å². The monoisotopic (exact) mass is 915 g/mol. The van der Waals surface area contributed by atoms with E-state index in [9.17, 15) is 14.4 Å². The quantitative estimate of drug-likeness (QED) is 0.166. The number of morpholine rings is 1. The van der Waals surface area contributed by atoms with Gasteiger partial charge in [-0.2, -0.15) is 0 Å². The number of guanidine groups is 1. The topological polar surface area (TPSA) is 237 Å². The number of piperidine rings is 1. The standard InChI is InChI=1S/C7H16N2O.C7H13NO.C6H14N2O.C6H13NO2.C5H10N2.C5H9N.C4H8N2.C3H9N3.C2H6/c1-7(10)9(4)6-5-8(2)3;1-7(9)8-5-3-2-4-6-8;7-1-2-8-3-5-9-6-4-8;1-6(8)7(2)4-5-9-3;1-6-5-3-2-4-7-5;1-5-3-2-4-6-5;1-4-5-2-3-6-4;1-2-6-3(4)5;1-2/h5-6H2,1-4H3;2-6H2,1H3;1-7H2;4-5H2,1-3H3;2-4H2,1H3,(H,6,7);2-4H2,1H3;2-3H2,1H3,(H,5,6);2H2,1H3,(H4,4,5,6);1-2H3. The molecule has 0 unspecified atom stereocenters. The van der Waals surface area contributed by atoms with Crippen LogP contribution in [0, 0.1) is 0 Å². The predicted molar refractivity (Wildman–Crippen MR) is 271 cm³/mol. The Hall–Kier alpha value is -3.91. The molecule has 3 amide bonds. The highest BCUT2D eigenvalue weighted by molar-refractivity contribution is 5.84. The summed E-state index contributed by atoms with van der Waals surface area (Å²) in [6.45, 7) is 30.2. The largest absolute Gasteiger partial charge is 0.383 e. The molecule has 5 rings (SSSR count). The zero-order valence-corrected chi connectivity index (χ0v) is 43.3. The molecular weight excluding hydrogens is 817 g/mol. The third-order valence-electron chi connectivity index (χ3n) is 9.39. The maximum absolute atomic E-state index is 10.7. The van der Waals surface area contributed by atoms with Crippen LogP contribution in [0.15, 0.2) is 20.0 Å². The second-order valence-electron chi connectivity index (χ2n) is 15.2. The molecule has 3 saturated heterocycles. The number of hydrogen-bond donors (Lipinski definition) is 5. The van der Waals surface area contributed by atoms with Crippen LogP contribution in [-0.2, 0) is 23.9 Å². The van der Waals surface area contributed by atoms with Crippen LogP contribution in [0.3, 0.4) is 0 Å². The van der Waals surface area contributed by atoms with E-state index in [1.54, 1.807) is 37.8 Å². The molecule has 19 nitrogen and oxygen atoms in total. The Morgan fingerprint density at radius 3 is 1.67 bits per heavy atom. The lowest BCUT2D eigenvalue weighted by molar-refractivity contribution is -0.130. The summed E-state index contributed by atoms with van der Waals surface area (Å²) in [5.74, 6) is 2.84. The van der Waals surface area contributed by atoms with Crippen LogP contribution >= 0.6 is 0 Å². The second-order valence-corrected chi connectivity index (χ2v) is 15.2. The Kier molecular flexibility index (Phi) is 50.6. The Balaban J connectivity index is -0.000000321. The van der Waals surface area contributed by atoms with Gasteiger partial charge >= 0.3 is 0 Å². The average molecular weight is 915 g/mol. The Morgan fingerprint density at radius 1 is 0.797 bits per heavy atom. The summed E-state index contributed by atoms with van der Waals surface area (Å²) in [4.78, 5) is 57.3. The van der Waals surface area contributed by atoms with E-state index in [2.05, 4.69) is 47.3 Å². The number of nitrogens with two attached hydrogens (primary N) is 3. The lowest BCUT2D eigenvalue weighted by Crippen LogP contribution is -2.39. The number of nitrogens with one attached hydrogen (secondary N) is 2. The molecule has 8 N–H and O–H groups in total. The maximum Gasteiger partial charge on any atom is 0.219 e. The first-order valence-electron chi connectivity index (χ1n) is 23.3. The molecule has 378 valence electrons. The van der Waals surface area contributed by atoms with Gasteiger partial charge in [-0.05, 0) is 73.4 Å². The molecule has 0 spiro atoms. The first kappa shape index (κ1) is 66.7. The van der Waals surface area contributed by atoms with Crippen molar-refractivity contribution < 1.29 is 23.9 Å². The minimum absolute atomic E-state index is 0.0760. The molecule has 0 bridgehead atoms. The summed E-state index contributed by atoms with van der Waals surface area (Å²) >= 11 is 0. The maximum atomic E-state index is 10.7. The van der Waals surface area contributed by atoms with Crippen molar-refractivity contribution in [2.24, 2.45) is 37.2 Å². The van der Waals surface area contributed by atoms with Crippen molar-refractivity contribution >= 4 is 41.1 Å². The van der Waals surface area contributed by atoms with E-state index in [1.807, 2.05) is 60.8 Å². The number of amides is 3. The van der Waals surface area contributed by atoms with Gasteiger partial charge in [-0.3, -0.25) is 39.3 Å². The van der Waals surface area contributed by atoms with Gasteiger partial charge in [-0.1, -0.05) is 13.8 Å². The van der Waals surface area contributed by atoms with Crippen molar-refractivity contribution in [2.75, 3.05) is 154 Å². The summed E-state index contributed by atoms with van der Waals surface area (Å²) in [7, 11) is 11.0. The number of likely N-dealkylation sites (tertiary alicyclic amines) is 1. The molecule has 0 aromatic carbocycles. The number of rotatable bonds is 9. The summed E-state index contributed by atoms with van der Waals surface area (Å²) in [5, 5.41) is 6.23. The number of nitrogens with zero attached hydrogens (tertiary/aromatic N) is 9. The first-order valence-corrected chi connectivity index (χ1v) is 23.3. The van der Waals surface area contributed by atoms with E-state index in [4.69, 9.17) is 26.7 Å². The van der Waals surface area contributed by atoms with Crippen molar-refractivity contribution in [2.45, 2.75) is 100 Å². The molecule has 0 aromatic heterocycles. The van der Waals surface area contributed by atoms with Crippen LogP contribution in [0.5, 0.6) is 0 Å². The van der Waals surface area contributed by atoms with Crippen molar-refractivity contribution in [3.05, 3.63) is 0 Å². The lowest BCUT2D eigenvalue weighted by atomic mass is 10.1. The van der Waals surface area contributed by atoms with Crippen LogP contribution in [0.25, 0.3) is 0 Å². The van der Waals surface area contributed by atoms with Gasteiger partial charge in [0.1, 0.15) is 0 Å². The molecule has 19 heteroatoms. The molecule has 3 fully saturated rings. The van der Waals surface area contributed by atoms with Gasteiger partial charge in [0.05, 0.1) is 38.0 Å². The van der Waals surface area contributed by atoms with Crippen molar-refractivity contribution in [3.63, 3.8) is 0 Å². The molecule has 64 heavy (non-hydrogen) atoms. The molecule has 0 radical (unpaired) electrons. The molecule has 0 aromatic rings. The Labute approximate surface area is 390 Å². The van der Waals surface area contributed by atoms with Crippen LogP contribution in [0.2, 0.25) is 0 Å². The van der Waals surface area contributed by atoms with E-state index >= 15 is 0 Å². The fraction of sp³-hybridized carbons (Fsp3) is 0.844. The Morgan fingerprint density at radius 2 is 1.39 bits per heavy atom. The highest BCUT2D eigenvalue weighted by Gasteiger charge is 2.11. The number of methoxy groups -OCH3 is 1. The molecule has 0 aliphatic carbocycles. The number of carbonyl (C=O) groups excluding carboxylic acids is 3. The molecular formula is C45H98N14O5. The number of likely N-dealkylation sites (N-methyl/N-ethyl adjacent to an activating group) is 3. The summed E-state index contributed by atoms with van der Waals surface area (Å²) < 4.78 is 9.93. The minimum atomic E-state index is 0.0760. The smallest absolute Gasteiger partial charge is 0.219 e.